The number of hydrogen-bond donors (Lipinski definition) is 0. The summed E-state index contributed by atoms with van der Waals surface area (Å²) in [6.07, 6.45) is 0. The van der Waals surface area contributed by atoms with Gasteiger partial charge in [-0.05, 0) is 70.9 Å². The van der Waals surface area contributed by atoms with Crippen molar-refractivity contribution in [2.45, 2.75) is 0 Å². The van der Waals surface area contributed by atoms with E-state index >= 15 is 0 Å². The second kappa shape index (κ2) is 11.7. The Hall–Kier alpha value is -7.10. The first kappa shape index (κ1) is 20.7. The van der Waals surface area contributed by atoms with E-state index in [0.29, 0.717) is 33.2 Å². The van der Waals surface area contributed by atoms with Crippen molar-refractivity contribution in [2.75, 3.05) is 4.90 Å². The normalized spacial score (nSPS) is 14.7. The maximum atomic E-state index is 9.89. The Morgan fingerprint density at radius 2 is 1.17 bits per heavy atom. The van der Waals surface area contributed by atoms with E-state index in [-0.39, 0.29) is 33.4 Å². The van der Waals surface area contributed by atoms with Crippen molar-refractivity contribution in [1.29, 1.82) is 0 Å². The fraction of sp³-hybridized carbons (Fsp3) is 0. The third kappa shape index (κ3) is 4.54. The minimum Gasteiger partial charge on any atom is -0.455 e. The maximum Gasteiger partial charge on any atom is 0.143 e. The summed E-state index contributed by atoms with van der Waals surface area (Å²) in [7, 11) is 0. The topological polar surface area (TPSA) is 21.3 Å². The van der Waals surface area contributed by atoms with Gasteiger partial charge in [-0.1, -0.05) is 139 Å². The molecule has 0 aliphatic carbocycles. The van der Waals surface area contributed by atoms with Gasteiger partial charge in [-0.2, -0.15) is 0 Å². The van der Waals surface area contributed by atoms with Crippen molar-refractivity contribution in [3.8, 4) is 16.8 Å². The van der Waals surface area contributed by atoms with Gasteiger partial charge in [-0.15, -0.1) is 0 Å². The first-order valence-corrected chi connectivity index (χ1v) is 17.2. The number of furan rings is 1. The molecule has 2 aromatic heterocycles. The predicted molar refractivity (Wildman–Crippen MR) is 223 cm³/mol. The van der Waals surface area contributed by atoms with Crippen molar-refractivity contribution in [3.63, 3.8) is 0 Å². The van der Waals surface area contributed by atoms with Crippen LogP contribution in [0.4, 0.5) is 17.1 Å². The van der Waals surface area contributed by atoms with Crippen LogP contribution < -0.4 is 4.90 Å². The summed E-state index contributed by atoms with van der Waals surface area (Å²) in [5, 5.41) is 4.16. The molecule has 0 saturated heterocycles. The number of nitrogens with zero attached hydrogens (tertiary/aromatic N) is 2. The van der Waals surface area contributed by atoms with Gasteiger partial charge in [0.05, 0.1) is 48.6 Å². The van der Waals surface area contributed by atoms with Crippen LogP contribution in [-0.4, -0.2) is 4.57 Å². The Bertz CT molecular complexity index is 3750. The molecule has 53 heavy (non-hydrogen) atoms. The molecular weight excluding hydrogens is 645 g/mol. The highest BCUT2D eigenvalue weighted by Crippen LogP contribution is 2.46. The van der Waals surface area contributed by atoms with Gasteiger partial charge < -0.3 is 13.9 Å². The van der Waals surface area contributed by atoms with E-state index in [1.54, 1.807) is 30.3 Å². The average molecular weight is 688 g/mol. The van der Waals surface area contributed by atoms with Crippen LogP contribution in [0.2, 0.25) is 0 Å². The number of benzene rings is 9. The SMILES string of the molecule is [2H]c1c([2H])c(N(c2c([2H])c([2H])c([2H])c3c([2H])c([2H])c([2H])c([2H])c23)c2cccc3oc4c5ccccc5ccc4c23)c([2H])c([2H])c1-c1ccccc1-n1c2ccccc2c2ccccc21. The Balaban J connectivity index is 1.27. The maximum absolute atomic E-state index is 9.89. The summed E-state index contributed by atoms with van der Waals surface area (Å²) < 4.78 is 111. The number of aromatic nitrogens is 1. The van der Waals surface area contributed by atoms with Gasteiger partial charge in [0.2, 0.25) is 0 Å². The van der Waals surface area contributed by atoms with Crippen molar-refractivity contribution in [1.82, 2.24) is 4.57 Å². The van der Waals surface area contributed by atoms with Gasteiger partial charge in [-0.3, -0.25) is 0 Å². The quantitative estimate of drug-likeness (QED) is 0.180. The van der Waals surface area contributed by atoms with Crippen LogP contribution in [0.3, 0.4) is 0 Å². The van der Waals surface area contributed by atoms with Crippen LogP contribution in [0.1, 0.15) is 15.1 Å². The van der Waals surface area contributed by atoms with Crippen LogP contribution in [0.15, 0.2) is 198 Å². The van der Waals surface area contributed by atoms with Crippen molar-refractivity contribution >= 4 is 82.4 Å². The highest BCUT2D eigenvalue weighted by atomic mass is 16.3. The molecule has 0 bridgehead atoms. The predicted octanol–water partition coefficient (Wildman–Crippen LogP) is 14.1. The molecule has 0 radical (unpaired) electrons. The second-order valence-electron chi connectivity index (χ2n) is 12.8. The van der Waals surface area contributed by atoms with Crippen LogP contribution in [0, 0.1) is 0 Å². The molecule has 0 atom stereocenters. The number of rotatable bonds is 5. The lowest BCUT2D eigenvalue weighted by Gasteiger charge is -2.28. The molecule has 0 aliphatic heterocycles. The monoisotopic (exact) mass is 687 g/mol. The minimum absolute atomic E-state index is 0.00941. The van der Waals surface area contributed by atoms with Gasteiger partial charge in [0.1, 0.15) is 11.2 Å². The van der Waals surface area contributed by atoms with Crippen LogP contribution >= 0.6 is 0 Å². The fourth-order valence-corrected chi connectivity index (χ4v) is 7.66. The van der Waals surface area contributed by atoms with Crippen LogP contribution in [-0.2, 0) is 0 Å². The molecule has 0 saturated carbocycles. The Morgan fingerprint density at radius 3 is 2.00 bits per heavy atom. The third-order valence-electron chi connectivity index (χ3n) is 9.95. The summed E-state index contributed by atoms with van der Waals surface area (Å²) in [6.45, 7) is 0. The largest absolute Gasteiger partial charge is 0.455 e. The van der Waals surface area contributed by atoms with E-state index in [1.807, 2.05) is 102 Å². The zero-order valence-corrected chi connectivity index (χ0v) is 27.9. The molecule has 3 nitrogen and oxygen atoms in total. The van der Waals surface area contributed by atoms with Crippen molar-refractivity contribution in [2.24, 2.45) is 0 Å². The molecule has 9 aromatic carbocycles. The molecule has 11 aromatic rings. The van der Waals surface area contributed by atoms with Gasteiger partial charge in [0, 0.05) is 38.2 Å². The third-order valence-corrected chi connectivity index (χ3v) is 9.95. The van der Waals surface area contributed by atoms with Gasteiger partial charge in [0.15, 0.2) is 0 Å². The minimum atomic E-state index is -0.653. The van der Waals surface area contributed by atoms with E-state index in [9.17, 15) is 8.22 Å². The lowest BCUT2D eigenvalue weighted by atomic mass is 10.0. The van der Waals surface area contributed by atoms with Crippen molar-refractivity contribution in [3.05, 3.63) is 194 Å². The van der Waals surface area contributed by atoms with Gasteiger partial charge in [-0.25, -0.2) is 0 Å². The highest BCUT2D eigenvalue weighted by molar-refractivity contribution is 6.20. The number of hydrogen-bond acceptors (Lipinski definition) is 2. The van der Waals surface area contributed by atoms with Crippen molar-refractivity contribution < 1.29 is 19.5 Å². The van der Waals surface area contributed by atoms with Crippen LogP contribution in [0.25, 0.3) is 82.1 Å². The molecule has 11 rings (SSSR count). The molecule has 0 aliphatic rings. The van der Waals surface area contributed by atoms with E-state index < -0.39 is 66.5 Å². The molecule has 0 N–H and O–H groups in total. The molecule has 2 heterocycles. The Morgan fingerprint density at radius 1 is 0.472 bits per heavy atom. The van der Waals surface area contributed by atoms with Gasteiger partial charge >= 0.3 is 0 Å². The fourth-order valence-electron chi connectivity index (χ4n) is 7.66. The number of para-hydroxylation sites is 3. The molecule has 0 spiro atoms. The van der Waals surface area contributed by atoms with E-state index in [2.05, 4.69) is 0 Å². The van der Waals surface area contributed by atoms with E-state index in [0.717, 1.165) is 32.6 Å². The molecular formula is C50H32N2O. The summed E-state index contributed by atoms with van der Waals surface area (Å²) in [5.74, 6) is 0. The first-order valence-electron chi connectivity index (χ1n) is 22.7. The lowest BCUT2D eigenvalue weighted by molar-refractivity contribution is 0.672. The second-order valence-corrected chi connectivity index (χ2v) is 12.8. The zero-order chi connectivity index (χ0) is 44.5. The summed E-state index contributed by atoms with van der Waals surface area (Å²) in [6, 6.07) is 33.4. The van der Waals surface area contributed by atoms with Crippen LogP contribution in [0.5, 0.6) is 0 Å². The summed E-state index contributed by atoms with van der Waals surface area (Å²) in [5.41, 5.74) is 3.26. The Kier molecular flexibility index (Phi) is 4.57. The molecule has 3 heteroatoms. The molecule has 0 unspecified atom stereocenters. The smallest absolute Gasteiger partial charge is 0.143 e. The number of anilines is 3. The molecule has 0 fully saturated rings. The molecule has 0 amide bonds. The number of fused-ring (bicyclic) bond motifs is 9. The Labute approximate surface area is 321 Å². The van der Waals surface area contributed by atoms with E-state index in [4.69, 9.17) is 11.3 Å². The highest BCUT2D eigenvalue weighted by Gasteiger charge is 2.22. The first-order chi connectivity index (χ1) is 30.9. The molecule has 248 valence electrons. The summed E-state index contributed by atoms with van der Waals surface area (Å²) in [4.78, 5) is 1.29. The van der Waals surface area contributed by atoms with E-state index in [1.165, 1.54) is 4.90 Å². The lowest BCUT2D eigenvalue weighted by Crippen LogP contribution is -2.11. The zero-order valence-electron chi connectivity index (χ0n) is 38.9. The summed E-state index contributed by atoms with van der Waals surface area (Å²) >= 11 is 0. The average Bonchev–Trinajstić information content (AvgIpc) is 3.87. The standard InChI is InChI=1S/C50H32N2O/c1-3-16-37-33(13-1)15-11-24-43(37)51(47-25-12-26-48-49(47)42-32-29-34-14-2-4-18-39(34)50(42)53-48)36-30-27-35(28-31-36)38-17-5-8-21-44(38)52-45-22-9-6-19-40(45)41-20-7-10-23-46(41)52/h1-32H/i1D,3D,11D,13D,15D,16D,24D,27D,28D,30D,31D. The van der Waals surface area contributed by atoms with Gasteiger partial charge in [0.25, 0.3) is 0 Å².